The molecule has 0 aliphatic carbocycles. The molecule has 0 fully saturated rings. The number of hydrogen-bond acceptors (Lipinski definition) is 3. The van der Waals surface area contributed by atoms with E-state index >= 15 is 0 Å². The van der Waals surface area contributed by atoms with Crippen LogP contribution in [0, 0.1) is 0 Å². The summed E-state index contributed by atoms with van der Waals surface area (Å²) in [5.74, 6) is -0.0127. The van der Waals surface area contributed by atoms with E-state index in [4.69, 9.17) is 0 Å². The molecule has 1 atom stereocenters. The minimum Gasteiger partial charge on any atom is -0.376 e. The lowest BCUT2D eigenvalue weighted by Gasteiger charge is -2.19. The number of nitrogens with zero attached hydrogens (tertiary/aromatic N) is 2. The number of carbonyl (C=O) groups is 1. The van der Waals surface area contributed by atoms with E-state index in [1.807, 2.05) is 49.4 Å². The van der Waals surface area contributed by atoms with Crippen molar-refractivity contribution in [1.29, 1.82) is 0 Å². The van der Waals surface area contributed by atoms with E-state index in [-0.39, 0.29) is 11.9 Å². The molecule has 0 radical (unpaired) electrons. The standard InChI is InChI=1S/C16H19N3O/c1-12(14-9-6-7-11-17-14)18-15-10-5-4-8-13(15)16(20)19(2)3/h4-12,18H,1-3H3. The summed E-state index contributed by atoms with van der Waals surface area (Å²) in [5, 5.41) is 3.35. The van der Waals surface area contributed by atoms with Gasteiger partial charge in [-0.3, -0.25) is 9.78 Å². The van der Waals surface area contributed by atoms with Crippen LogP contribution < -0.4 is 5.32 Å². The van der Waals surface area contributed by atoms with Crippen LogP contribution >= 0.6 is 0 Å². The fourth-order valence-corrected chi connectivity index (χ4v) is 1.98. The molecule has 4 nitrogen and oxygen atoms in total. The van der Waals surface area contributed by atoms with Gasteiger partial charge in [0.05, 0.1) is 17.3 Å². The summed E-state index contributed by atoms with van der Waals surface area (Å²) in [6.45, 7) is 2.03. The predicted molar refractivity (Wildman–Crippen MR) is 80.7 cm³/mol. The molecule has 2 rings (SSSR count). The highest BCUT2D eigenvalue weighted by atomic mass is 16.2. The van der Waals surface area contributed by atoms with Crippen molar-refractivity contribution in [3.05, 3.63) is 59.9 Å². The van der Waals surface area contributed by atoms with Gasteiger partial charge < -0.3 is 10.2 Å². The first kappa shape index (κ1) is 14.1. The Labute approximate surface area is 119 Å². The van der Waals surface area contributed by atoms with E-state index in [2.05, 4.69) is 10.3 Å². The van der Waals surface area contributed by atoms with Crippen LogP contribution in [0.5, 0.6) is 0 Å². The van der Waals surface area contributed by atoms with E-state index in [1.54, 1.807) is 25.2 Å². The van der Waals surface area contributed by atoms with Gasteiger partial charge in [0.15, 0.2) is 0 Å². The van der Waals surface area contributed by atoms with Gasteiger partial charge in [-0.15, -0.1) is 0 Å². The first-order valence-corrected chi connectivity index (χ1v) is 6.57. The third kappa shape index (κ3) is 3.15. The zero-order valence-corrected chi connectivity index (χ0v) is 12.0. The fourth-order valence-electron chi connectivity index (χ4n) is 1.98. The molecule has 1 unspecified atom stereocenters. The number of aromatic nitrogens is 1. The molecule has 104 valence electrons. The zero-order chi connectivity index (χ0) is 14.5. The number of pyridine rings is 1. The number of nitrogens with one attached hydrogen (secondary N) is 1. The smallest absolute Gasteiger partial charge is 0.255 e. The average molecular weight is 269 g/mol. The summed E-state index contributed by atoms with van der Waals surface area (Å²) in [6, 6.07) is 13.4. The quantitative estimate of drug-likeness (QED) is 0.928. The van der Waals surface area contributed by atoms with Crippen molar-refractivity contribution in [1.82, 2.24) is 9.88 Å². The molecular weight excluding hydrogens is 250 g/mol. The maximum absolute atomic E-state index is 12.2. The molecule has 0 saturated heterocycles. The molecule has 20 heavy (non-hydrogen) atoms. The summed E-state index contributed by atoms with van der Waals surface area (Å²) in [4.78, 5) is 18.1. The molecule has 2 aromatic rings. The Hall–Kier alpha value is -2.36. The van der Waals surface area contributed by atoms with E-state index in [9.17, 15) is 4.79 Å². The summed E-state index contributed by atoms with van der Waals surface area (Å²) in [6.07, 6.45) is 1.77. The summed E-state index contributed by atoms with van der Waals surface area (Å²) < 4.78 is 0. The maximum atomic E-state index is 12.2. The van der Waals surface area contributed by atoms with Crippen LogP contribution in [0.3, 0.4) is 0 Å². The van der Waals surface area contributed by atoms with Crippen LogP contribution in [0.1, 0.15) is 29.0 Å². The topological polar surface area (TPSA) is 45.2 Å². The summed E-state index contributed by atoms with van der Waals surface area (Å²) >= 11 is 0. The molecule has 0 saturated carbocycles. The average Bonchev–Trinajstić information content (AvgIpc) is 2.48. The van der Waals surface area contributed by atoms with Crippen LogP contribution in [0.15, 0.2) is 48.7 Å². The lowest BCUT2D eigenvalue weighted by Crippen LogP contribution is -2.23. The van der Waals surface area contributed by atoms with Crippen molar-refractivity contribution in [3.8, 4) is 0 Å². The second-order valence-electron chi connectivity index (χ2n) is 4.87. The molecule has 0 bridgehead atoms. The van der Waals surface area contributed by atoms with Gasteiger partial charge in [0.1, 0.15) is 0 Å². The van der Waals surface area contributed by atoms with Crippen molar-refractivity contribution >= 4 is 11.6 Å². The Morgan fingerprint density at radius 3 is 2.50 bits per heavy atom. The van der Waals surface area contributed by atoms with Crippen molar-refractivity contribution in [2.75, 3.05) is 19.4 Å². The van der Waals surface area contributed by atoms with Crippen LogP contribution in [-0.4, -0.2) is 29.9 Å². The highest BCUT2D eigenvalue weighted by molar-refractivity contribution is 5.99. The Bertz CT molecular complexity index is 581. The number of benzene rings is 1. The maximum Gasteiger partial charge on any atom is 0.255 e. The molecule has 1 aromatic heterocycles. The lowest BCUT2D eigenvalue weighted by atomic mass is 10.1. The van der Waals surface area contributed by atoms with Gasteiger partial charge >= 0.3 is 0 Å². The fraction of sp³-hybridized carbons (Fsp3) is 0.250. The summed E-state index contributed by atoms with van der Waals surface area (Å²) in [5.41, 5.74) is 2.43. The normalized spacial score (nSPS) is 11.8. The zero-order valence-electron chi connectivity index (χ0n) is 12.0. The molecule has 0 aliphatic rings. The van der Waals surface area contributed by atoms with Crippen molar-refractivity contribution in [2.24, 2.45) is 0 Å². The predicted octanol–water partition coefficient (Wildman–Crippen LogP) is 2.96. The Kier molecular flexibility index (Phi) is 4.35. The number of carbonyl (C=O) groups excluding carboxylic acids is 1. The Morgan fingerprint density at radius 1 is 1.15 bits per heavy atom. The number of anilines is 1. The van der Waals surface area contributed by atoms with Gasteiger partial charge in [0.25, 0.3) is 5.91 Å². The first-order chi connectivity index (χ1) is 9.59. The third-order valence-electron chi connectivity index (χ3n) is 3.07. The second kappa shape index (κ2) is 6.19. The largest absolute Gasteiger partial charge is 0.376 e. The Balaban J connectivity index is 2.24. The van der Waals surface area contributed by atoms with E-state index < -0.39 is 0 Å². The third-order valence-corrected chi connectivity index (χ3v) is 3.07. The molecule has 1 heterocycles. The van der Waals surface area contributed by atoms with Crippen molar-refractivity contribution in [3.63, 3.8) is 0 Å². The van der Waals surface area contributed by atoms with Crippen LogP contribution in [-0.2, 0) is 0 Å². The molecule has 1 amide bonds. The molecule has 1 N–H and O–H groups in total. The number of para-hydroxylation sites is 1. The molecule has 0 aliphatic heterocycles. The van der Waals surface area contributed by atoms with Crippen LogP contribution in [0.2, 0.25) is 0 Å². The molecule has 0 spiro atoms. The van der Waals surface area contributed by atoms with Gasteiger partial charge in [0, 0.05) is 26.0 Å². The van der Waals surface area contributed by atoms with Gasteiger partial charge in [-0.2, -0.15) is 0 Å². The van der Waals surface area contributed by atoms with Gasteiger partial charge in [-0.05, 0) is 31.2 Å². The highest BCUT2D eigenvalue weighted by Gasteiger charge is 2.15. The van der Waals surface area contributed by atoms with Gasteiger partial charge in [-0.25, -0.2) is 0 Å². The van der Waals surface area contributed by atoms with Gasteiger partial charge in [-0.1, -0.05) is 18.2 Å². The lowest BCUT2D eigenvalue weighted by molar-refractivity contribution is 0.0828. The number of amides is 1. The monoisotopic (exact) mass is 269 g/mol. The SMILES string of the molecule is CC(Nc1ccccc1C(=O)N(C)C)c1ccccn1. The first-order valence-electron chi connectivity index (χ1n) is 6.57. The van der Waals surface area contributed by atoms with Gasteiger partial charge in [0.2, 0.25) is 0 Å². The summed E-state index contributed by atoms with van der Waals surface area (Å²) in [7, 11) is 3.50. The van der Waals surface area contributed by atoms with E-state index in [1.165, 1.54) is 0 Å². The number of hydrogen-bond donors (Lipinski definition) is 1. The van der Waals surface area contributed by atoms with E-state index in [0.717, 1.165) is 11.4 Å². The molecular formula is C16H19N3O. The number of rotatable bonds is 4. The van der Waals surface area contributed by atoms with Crippen LogP contribution in [0.4, 0.5) is 5.69 Å². The minimum absolute atomic E-state index is 0.0127. The molecule has 4 heteroatoms. The van der Waals surface area contributed by atoms with E-state index in [0.29, 0.717) is 5.56 Å². The van der Waals surface area contributed by atoms with Crippen molar-refractivity contribution < 1.29 is 4.79 Å². The van der Waals surface area contributed by atoms with Crippen molar-refractivity contribution in [2.45, 2.75) is 13.0 Å². The Morgan fingerprint density at radius 2 is 1.85 bits per heavy atom. The highest BCUT2D eigenvalue weighted by Crippen LogP contribution is 2.22. The second-order valence-corrected chi connectivity index (χ2v) is 4.87. The minimum atomic E-state index is -0.0127. The molecule has 1 aromatic carbocycles. The van der Waals surface area contributed by atoms with Crippen LogP contribution in [0.25, 0.3) is 0 Å².